The lowest BCUT2D eigenvalue weighted by atomic mass is 9.96. The Kier molecular flexibility index (Phi) is 5.50. The molecule has 0 amide bonds. The molecule has 0 bridgehead atoms. The number of furan rings is 1. The van der Waals surface area contributed by atoms with Crippen LogP contribution in [0.2, 0.25) is 0 Å². The molecule has 0 aliphatic carbocycles. The Bertz CT molecular complexity index is 3300. The summed E-state index contributed by atoms with van der Waals surface area (Å²) in [5, 5.41) is 10.7. The summed E-state index contributed by atoms with van der Waals surface area (Å²) in [5.74, 6) is 0. The van der Waals surface area contributed by atoms with Gasteiger partial charge in [0.1, 0.15) is 11.2 Å². The molecule has 0 aliphatic rings. The van der Waals surface area contributed by atoms with Gasteiger partial charge in [0.05, 0.1) is 27.8 Å². The van der Waals surface area contributed by atoms with Crippen molar-refractivity contribution in [2.24, 2.45) is 0 Å². The fourth-order valence-electron chi connectivity index (χ4n) is 8.74. The fraction of sp³-hybridized carbons (Fsp3) is 0. The van der Waals surface area contributed by atoms with E-state index in [0.29, 0.717) is 0 Å². The van der Waals surface area contributed by atoms with E-state index in [1.807, 2.05) is 6.07 Å². The zero-order valence-corrected chi connectivity index (χ0v) is 28.0. The number of benzene rings is 8. The number of para-hydroxylation sites is 3. The molecule has 0 unspecified atom stereocenters. The third-order valence-electron chi connectivity index (χ3n) is 11.1. The van der Waals surface area contributed by atoms with Crippen molar-refractivity contribution in [3.05, 3.63) is 170 Å². The van der Waals surface area contributed by atoms with Gasteiger partial charge >= 0.3 is 0 Å². The van der Waals surface area contributed by atoms with E-state index in [9.17, 15) is 0 Å². The molecule has 0 saturated heterocycles. The molecule has 0 radical (unpaired) electrons. The van der Waals surface area contributed by atoms with Gasteiger partial charge in [0, 0.05) is 54.0 Å². The van der Waals surface area contributed by atoms with Crippen LogP contribution in [0.5, 0.6) is 0 Å². The van der Waals surface area contributed by atoms with Gasteiger partial charge in [-0.3, -0.25) is 0 Å². The van der Waals surface area contributed by atoms with Gasteiger partial charge in [-0.05, 0) is 70.8 Å². The van der Waals surface area contributed by atoms with E-state index in [4.69, 9.17) is 9.40 Å². The number of hydrogen-bond acceptors (Lipinski definition) is 2. The van der Waals surface area contributed by atoms with Crippen LogP contribution >= 0.6 is 0 Å². The van der Waals surface area contributed by atoms with Gasteiger partial charge in [-0.1, -0.05) is 121 Å². The Hall–Kier alpha value is -6.97. The summed E-state index contributed by atoms with van der Waals surface area (Å²) >= 11 is 0. The largest absolute Gasteiger partial charge is 0.455 e. The standard InChI is InChI=1S/C49H28N2O/c1-2-10-31(11-3-1)47-38-24-23-36-39-26-32(22-25-45(39)52-49(36)46(38)37-14-4-7-15-42(37)50-47)29-18-20-30(21-19-29)33-27-40-34-12-5-8-16-43(34)51-44-17-9-6-13-35(44)41(28-33)48(40)51/h1-28H. The van der Waals surface area contributed by atoms with Crippen molar-refractivity contribution in [1.82, 2.24) is 9.38 Å². The van der Waals surface area contributed by atoms with Crippen molar-refractivity contribution in [3.63, 3.8) is 0 Å². The van der Waals surface area contributed by atoms with Gasteiger partial charge in [-0.2, -0.15) is 0 Å². The van der Waals surface area contributed by atoms with Crippen molar-refractivity contribution in [2.75, 3.05) is 0 Å². The zero-order valence-electron chi connectivity index (χ0n) is 28.0. The van der Waals surface area contributed by atoms with E-state index >= 15 is 0 Å². The minimum atomic E-state index is 0.885. The molecule has 240 valence electrons. The molecule has 3 heteroatoms. The van der Waals surface area contributed by atoms with Gasteiger partial charge in [0.15, 0.2) is 0 Å². The number of nitrogens with zero attached hydrogens (tertiary/aromatic N) is 2. The van der Waals surface area contributed by atoms with Crippen LogP contribution in [0.15, 0.2) is 174 Å². The molecule has 0 atom stereocenters. The summed E-state index contributed by atoms with van der Waals surface area (Å²) in [5.41, 5.74) is 13.4. The van der Waals surface area contributed by atoms with Crippen molar-refractivity contribution in [3.8, 4) is 33.5 Å². The Labute approximate surface area is 297 Å². The Morgan fingerprint density at radius 3 is 1.69 bits per heavy atom. The Balaban J connectivity index is 1.00. The first-order valence-electron chi connectivity index (χ1n) is 17.8. The average molecular weight is 661 g/mol. The summed E-state index contributed by atoms with van der Waals surface area (Å²) in [6, 6.07) is 61.1. The molecule has 0 spiro atoms. The third kappa shape index (κ3) is 3.77. The molecular weight excluding hydrogens is 633 g/mol. The van der Waals surface area contributed by atoms with Crippen LogP contribution in [-0.2, 0) is 0 Å². The normalized spacial score (nSPS) is 12.2. The molecule has 4 aromatic heterocycles. The molecular formula is C49H28N2O. The molecule has 0 saturated carbocycles. The molecule has 12 aromatic rings. The minimum absolute atomic E-state index is 0.885. The van der Waals surface area contributed by atoms with Gasteiger partial charge in [-0.25, -0.2) is 4.98 Å². The lowest BCUT2D eigenvalue weighted by Crippen LogP contribution is -1.89. The second kappa shape index (κ2) is 10.3. The van der Waals surface area contributed by atoms with Crippen molar-refractivity contribution < 1.29 is 4.42 Å². The Morgan fingerprint density at radius 1 is 0.385 bits per heavy atom. The number of hydrogen-bond donors (Lipinski definition) is 0. The summed E-state index contributed by atoms with van der Waals surface area (Å²) in [7, 11) is 0. The maximum Gasteiger partial charge on any atom is 0.144 e. The molecule has 0 fully saturated rings. The van der Waals surface area contributed by atoms with Crippen LogP contribution in [0, 0.1) is 0 Å². The fourth-order valence-corrected chi connectivity index (χ4v) is 8.74. The summed E-state index contributed by atoms with van der Waals surface area (Å²) in [4.78, 5) is 5.12. The topological polar surface area (TPSA) is 30.4 Å². The van der Waals surface area contributed by atoms with E-state index in [0.717, 1.165) is 60.4 Å². The first-order chi connectivity index (χ1) is 25.8. The van der Waals surface area contributed by atoms with E-state index in [-0.39, 0.29) is 0 Å². The summed E-state index contributed by atoms with van der Waals surface area (Å²) in [6.07, 6.45) is 0. The van der Waals surface area contributed by atoms with E-state index < -0.39 is 0 Å². The molecule has 8 aromatic carbocycles. The average Bonchev–Trinajstić information content (AvgIpc) is 3.87. The minimum Gasteiger partial charge on any atom is -0.455 e. The van der Waals surface area contributed by atoms with Crippen molar-refractivity contribution >= 4 is 81.7 Å². The van der Waals surface area contributed by atoms with E-state index in [1.165, 1.54) is 54.8 Å². The predicted molar refractivity (Wildman–Crippen MR) is 217 cm³/mol. The van der Waals surface area contributed by atoms with E-state index in [2.05, 4.69) is 168 Å². The van der Waals surface area contributed by atoms with Crippen LogP contribution in [-0.4, -0.2) is 9.38 Å². The molecule has 4 heterocycles. The predicted octanol–water partition coefficient (Wildman–Crippen LogP) is 13.4. The van der Waals surface area contributed by atoms with Gasteiger partial charge in [0.25, 0.3) is 0 Å². The summed E-state index contributed by atoms with van der Waals surface area (Å²) < 4.78 is 9.15. The molecule has 0 aliphatic heterocycles. The van der Waals surface area contributed by atoms with Gasteiger partial charge < -0.3 is 8.82 Å². The number of aromatic nitrogens is 2. The first kappa shape index (κ1) is 27.8. The molecule has 12 rings (SSSR count). The first-order valence-corrected chi connectivity index (χ1v) is 17.8. The lowest BCUT2D eigenvalue weighted by Gasteiger charge is -2.10. The van der Waals surface area contributed by atoms with Crippen LogP contribution in [0.3, 0.4) is 0 Å². The molecule has 3 nitrogen and oxygen atoms in total. The SMILES string of the molecule is c1ccc(-c2nc3ccccc3c3c2ccc2c4cc(-c5ccc(-c6cc7c8ccccc8n8c9ccccc9c(c6)c78)cc5)ccc4oc23)cc1. The number of pyridine rings is 1. The van der Waals surface area contributed by atoms with E-state index in [1.54, 1.807) is 0 Å². The maximum absolute atomic E-state index is 6.71. The van der Waals surface area contributed by atoms with Crippen molar-refractivity contribution in [2.45, 2.75) is 0 Å². The van der Waals surface area contributed by atoms with Crippen LogP contribution < -0.4 is 0 Å². The highest BCUT2D eigenvalue weighted by Crippen LogP contribution is 2.43. The number of rotatable bonds is 3. The second-order valence-electron chi connectivity index (χ2n) is 13.9. The van der Waals surface area contributed by atoms with Gasteiger partial charge in [0.2, 0.25) is 0 Å². The molecule has 0 N–H and O–H groups in total. The van der Waals surface area contributed by atoms with Crippen molar-refractivity contribution in [1.29, 1.82) is 0 Å². The van der Waals surface area contributed by atoms with Gasteiger partial charge in [-0.15, -0.1) is 0 Å². The maximum atomic E-state index is 6.71. The van der Waals surface area contributed by atoms with Crippen LogP contribution in [0.1, 0.15) is 0 Å². The second-order valence-corrected chi connectivity index (χ2v) is 13.9. The smallest absolute Gasteiger partial charge is 0.144 e. The highest BCUT2D eigenvalue weighted by atomic mass is 16.3. The third-order valence-corrected chi connectivity index (χ3v) is 11.1. The highest BCUT2D eigenvalue weighted by molar-refractivity contribution is 6.26. The van der Waals surface area contributed by atoms with Crippen LogP contribution in [0.4, 0.5) is 0 Å². The monoisotopic (exact) mass is 660 g/mol. The zero-order chi connectivity index (χ0) is 33.9. The number of fused-ring (bicyclic) bond motifs is 13. The highest BCUT2D eigenvalue weighted by Gasteiger charge is 2.20. The summed E-state index contributed by atoms with van der Waals surface area (Å²) in [6.45, 7) is 0. The quantitative estimate of drug-likeness (QED) is 0.177. The Morgan fingerprint density at radius 2 is 0.962 bits per heavy atom. The lowest BCUT2D eigenvalue weighted by molar-refractivity contribution is 0.673. The van der Waals surface area contributed by atoms with Crippen LogP contribution in [0.25, 0.3) is 115 Å². The molecule has 52 heavy (non-hydrogen) atoms.